The second kappa shape index (κ2) is 4.79. The number of hydrogen-bond donors (Lipinski definition) is 0. The first kappa shape index (κ1) is 14.3. The Hall–Kier alpha value is -2.08. The third-order valence-electron chi connectivity index (χ3n) is 3.78. The van der Waals surface area contributed by atoms with Crippen molar-refractivity contribution in [3.63, 3.8) is 0 Å². The predicted molar refractivity (Wildman–Crippen MR) is 81.5 cm³/mol. The van der Waals surface area contributed by atoms with E-state index in [1.807, 2.05) is 18.5 Å². The molecule has 104 valence electrons. The van der Waals surface area contributed by atoms with E-state index in [0.717, 1.165) is 22.6 Å². The lowest BCUT2D eigenvalue weighted by Gasteiger charge is -2.21. The van der Waals surface area contributed by atoms with Crippen LogP contribution in [-0.4, -0.2) is 9.55 Å². The Morgan fingerprint density at radius 3 is 2.40 bits per heavy atom. The minimum atomic E-state index is 0.0862. The van der Waals surface area contributed by atoms with E-state index in [-0.39, 0.29) is 5.41 Å². The second-order valence-electron chi connectivity index (χ2n) is 6.31. The van der Waals surface area contributed by atoms with Gasteiger partial charge in [-0.2, -0.15) is 5.26 Å². The fourth-order valence-electron chi connectivity index (χ4n) is 2.34. The Bertz CT molecular complexity index is 694. The van der Waals surface area contributed by atoms with Gasteiger partial charge in [-0.25, -0.2) is 4.98 Å². The third kappa shape index (κ3) is 2.34. The Kier molecular flexibility index (Phi) is 3.43. The summed E-state index contributed by atoms with van der Waals surface area (Å²) in [6.45, 7) is 10.6. The molecule has 1 aromatic heterocycles. The lowest BCUT2D eigenvalue weighted by Crippen LogP contribution is -2.11. The summed E-state index contributed by atoms with van der Waals surface area (Å²) in [6.07, 6.45) is 0. The SMILES string of the molecule is Cc1ccc(C(C)(C)C)cc1-c1c(C#N)nc(C)n1C. The first-order chi connectivity index (χ1) is 9.25. The van der Waals surface area contributed by atoms with E-state index in [4.69, 9.17) is 0 Å². The lowest BCUT2D eigenvalue weighted by molar-refractivity contribution is 0.590. The molecule has 0 fully saturated rings. The maximum absolute atomic E-state index is 9.31. The maximum atomic E-state index is 9.31. The van der Waals surface area contributed by atoms with E-state index < -0.39 is 0 Å². The standard InChI is InChI=1S/C17H21N3/c1-11-7-8-13(17(3,4)5)9-14(11)16-15(10-18)19-12(2)20(16)6/h7-9H,1-6H3. The van der Waals surface area contributed by atoms with Crippen molar-refractivity contribution in [1.82, 2.24) is 9.55 Å². The van der Waals surface area contributed by atoms with Crippen molar-refractivity contribution in [2.45, 2.75) is 40.0 Å². The summed E-state index contributed by atoms with van der Waals surface area (Å²) in [5.74, 6) is 0.858. The van der Waals surface area contributed by atoms with Crippen molar-refractivity contribution in [2.75, 3.05) is 0 Å². The smallest absolute Gasteiger partial charge is 0.166 e. The Balaban J connectivity index is 2.74. The highest BCUT2D eigenvalue weighted by molar-refractivity contribution is 5.70. The van der Waals surface area contributed by atoms with E-state index in [0.29, 0.717) is 5.69 Å². The summed E-state index contributed by atoms with van der Waals surface area (Å²) in [4.78, 5) is 4.34. The van der Waals surface area contributed by atoms with Crippen molar-refractivity contribution < 1.29 is 0 Å². The van der Waals surface area contributed by atoms with Crippen LogP contribution in [0, 0.1) is 25.2 Å². The molecule has 0 N–H and O–H groups in total. The summed E-state index contributed by atoms with van der Waals surface area (Å²) in [6, 6.07) is 8.68. The van der Waals surface area contributed by atoms with Crippen LogP contribution in [0.3, 0.4) is 0 Å². The molecule has 1 heterocycles. The number of imidazole rings is 1. The van der Waals surface area contributed by atoms with Crippen LogP contribution in [0.25, 0.3) is 11.3 Å². The van der Waals surface area contributed by atoms with Crippen LogP contribution in [-0.2, 0) is 12.5 Å². The molecule has 0 amide bonds. The molecule has 0 bridgehead atoms. The number of benzene rings is 1. The fourth-order valence-corrected chi connectivity index (χ4v) is 2.34. The van der Waals surface area contributed by atoms with Crippen LogP contribution in [0.15, 0.2) is 18.2 Å². The molecule has 0 radical (unpaired) electrons. The molecule has 0 spiro atoms. The molecule has 2 aromatic rings. The highest BCUT2D eigenvalue weighted by Crippen LogP contribution is 2.32. The molecular weight excluding hydrogens is 246 g/mol. The van der Waals surface area contributed by atoms with Gasteiger partial charge < -0.3 is 4.57 Å². The minimum Gasteiger partial charge on any atom is -0.330 e. The minimum absolute atomic E-state index is 0.0862. The van der Waals surface area contributed by atoms with Crippen LogP contribution < -0.4 is 0 Å². The lowest BCUT2D eigenvalue weighted by atomic mass is 9.85. The van der Waals surface area contributed by atoms with Gasteiger partial charge in [0.1, 0.15) is 11.9 Å². The zero-order valence-electron chi connectivity index (χ0n) is 13.1. The van der Waals surface area contributed by atoms with Gasteiger partial charge in [-0.3, -0.25) is 0 Å². The van der Waals surface area contributed by atoms with Crippen molar-refractivity contribution in [2.24, 2.45) is 7.05 Å². The molecule has 0 unspecified atom stereocenters. The number of aryl methyl sites for hydroxylation is 2. The number of nitrogens with zero attached hydrogens (tertiary/aromatic N) is 3. The van der Waals surface area contributed by atoms with E-state index in [1.54, 1.807) is 0 Å². The number of rotatable bonds is 1. The molecule has 0 atom stereocenters. The Morgan fingerprint density at radius 1 is 1.20 bits per heavy atom. The first-order valence-corrected chi connectivity index (χ1v) is 6.80. The largest absolute Gasteiger partial charge is 0.330 e. The third-order valence-corrected chi connectivity index (χ3v) is 3.78. The molecule has 0 aliphatic carbocycles. The molecule has 0 aliphatic heterocycles. The second-order valence-corrected chi connectivity index (χ2v) is 6.31. The van der Waals surface area contributed by atoms with Crippen LogP contribution in [0.1, 0.15) is 43.4 Å². The Labute approximate surface area is 120 Å². The van der Waals surface area contributed by atoms with Crippen LogP contribution in [0.2, 0.25) is 0 Å². The summed E-state index contributed by atoms with van der Waals surface area (Å²) in [5, 5.41) is 9.31. The average Bonchev–Trinajstić information content (AvgIpc) is 2.65. The number of aromatic nitrogens is 2. The quantitative estimate of drug-likeness (QED) is 0.787. The van der Waals surface area contributed by atoms with Gasteiger partial charge in [0, 0.05) is 12.6 Å². The van der Waals surface area contributed by atoms with E-state index >= 15 is 0 Å². The van der Waals surface area contributed by atoms with Gasteiger partial charge in [0.15, 0.2) is 5.69 Å². The maximum Gasteiger partial charge on any atom is 0.166 e. The molecule has 0 saturated carbocycles. The number of hydrogen-bond acceptors (Lipinski definition) is 2. The molecule has 20 heavy (non-hydrogen) atoms. The van der Waals surface area contributed by atoms with Gasteiger partial charge in [-0.15, -0.1) is 0 Å². The molecule has 0 aliphatic rings. The van der Waals surface area contributed by atoms with E-state index in [9.17, 15) is 5.26 Å². The summed E-state index contributed by atoms with van der Waals surface area (Å²) >= 11 is 0. The summed E-state index contributed by atoms with van der Waals surface area (Å²) in [7, 11) is 1.96. The predicted octanol–water partition coefficient (Wildman–Crippen LogP) is 3.87. The molecule has 1 aromatic carbocycles. The fraction of sp³-hybridized carbons (Fsp3) is 0.412. The van der Waals surface area contributed by atoms with Crippen LogP contribution in [0.5, 0.6) is 0 Å². The van der Waals surface area contributed by atoms with Crippen molar-refractivity contribution >= 4 is 0 Å². The first-order valence-electron chi connectivity index (χ1n) is 6.80. The Morgan fingerprint density at radius 2 is 1.85 bits per heavy atom. The van der Waals surface area contributed by atoms with Crippen molar-refractivity contribution in [3.05, 3.63) is 40.8 Å². The molecular formula is C17H21N3. The van der Waals surface area contributed by atoms with Crippen LogP contribution in [0.4, 0.5) is 0 Å². The van der Waals surface area contributed by atoms with Gasteiger partial charge in [0.25, 0.3) is 0 Å². The van der Waals surface area contributed by atoms with Gasteiger partial charge in [-0.05, 0) is 36.5 Å². The monoisotopic (exact) mass is 267 g/mol. The highest BCUT2D eigenvalue weighted by Gasteiger charge is 2.19. The normalized spacial score (nSPS) is 11.4. The topological polar surface area (TPSA) is 41.6 Å². The molecule has 3 nitrogen and oxygen atoms in total. The van der Waals surface area contributed by atoms with E-state index in [2.05, 4.69) is 56.9 Å². The summed E-state index contributed by atoms with van der Waals surface area (Å²) in [5.41, 5.74) is 5.02. The van der Waals surface area contributed by atoms with Crippen molar-refractivity contribution in [3.8, 4) is 17.3 Å². The van der Waals surface area contributed by atoms with Gasteiger partial charge in [0.2, 0.25) is 0 Å². The van der Waals surface area contributed by atoms with Gasteiger partial charge in [0.05, 0.1) is 5.69 Å². The molecule has 0 saturated heterocycles. The summed E-state index contributed by atoms with van der Waals surface area (Å²) < 4.78 is 1.99. The molecule has 3 heteroatoms. The van der Waals surface area contributed by atoms with Crippen molar-refractivity contribution in [1.29, 1.82) is 5.26 Å². The average molecular weight is 267 g/mol. The highest BCUT2D eigenvalue weighted by atomic mass is 15.1. The van der Waals surface area contributed by atoms with E-state index in [1.165, 1.54) is 5.56 Å². The van der Waals surface area contributed by atoms with Gasteiger partial charge >= 0.3 is 0 Å². The zero-order valence-corrected chi connectivity index (χ0v) is 13.1. The zero-order chi connectivity index (χ0) is 15.1. The van der Waals surface area contributed by atoms with Gasteiger partial charge in [-0.1, -0.05) is 32.9 Å². The molecule has 2 rings (SSSR count). The number of nitriles is 1. The van der Waals surface area contributed by atoms with Crippen LogP contribution >= 0.6 is 0 Å².